The second kappa shape index (κ2) is 8.09. The molecule has 0 saturated heterocycles. The highest BCUT2D eigenvalue weighted by Crippen LogP contribution is 2.45. The quantitative estimate of drug-likeness (QED) is 0.177. The summed E-state index contributed by atoms with van der Waals surface area (Å²) >= 11 is 0. The summed E-state index contributed by atoms with van der Waals surface area (Å²) in [7, 11) is 0. The normalized spacial score (nSPS) is 11.2. The number of rotatable bonds is 2. The number of aromatic nitrogens is 1. The summed E-state index contributed by atoms with van der Waals surface area (Å²) in [6, 6.07) is 39.7. The van der Waals surface area contributed by atoms with Crippen molar-refractivity contribution in [2.75, 3.05) is 0 Å². The van der Waals surface area contributed by atoms with Crippen molar-refractivity contribution in [3.8, 4) is 22.4 Å². The molecule has 0 bridgehead atoms. The van der Waals surface area contributed by atoms with Gasteiger partial charge in [0.25, 0.3) is 0 Å². The van der Waals surface area contributed by atoms with Gasteiger partial charge in [-0.15, -0.1) is 0 Å². The third-order valence-electron chi connectivity index (χ3n) is 7.19. The Balaban J connectivity index is 1.84. The van der Waals surface area contributed by atoms with Gasteiger partial charge < -0.3 is 4.40 Å². The summed E-state index contributed by atoms with van der Waals surface area (Å²) in [6.07, 6.45) is 0. The third-order valence-corrected chi connectivity index (χ3v) is 7.19. The summed E-state index contributed by atoms with van der Waals surface area (Å²) in [6.45, 7) is 15.5. The molecule has 0 N–H and O–H groups in total. The smallest absolute Gasteiger partial charge is 0.196 e. The van der Waals surface area contributed by atoms with Crippen molar-refractivity contribution >= 4 is 49.3 Å². The van der Waals surface area contributed by atoms with Gasteiger partial charge in [-0.05, 0) is 44.8 Å². The van der Waals surface area contributed by atoms with E-state index in [1.165, 1.54) is 10.8 Å². The van der Waals surface area contributed by atoms with Crippen LogP contribution in [0.4, 0.5) is 11.4 Å². The molecule has 0 radical (unpaired) electrons. The molecule has 2 heterocycles. The number of hydrogen-bond acceptors (Lipinski definition) is 0. The molecule has 0 atom stereocenters. The van der Waals surface area contributed by atoms with Crippen molar-refractivity contribution in [1.82, 2.24) is 4.40 Å². The van der Waals surface area contributed by atoms with E-state index in [2.05, 4.69) is 105 Å². The second-order valence-corrected chi connectivity index (χ2v) is 9.15. The Bertz CT molecular complexity index is 2090. The van der Waals surface area contributed by atoms with Gasteiger partial charge in [0.2, 0.25) is 0 Å². The van der Waals surface area contributed by atoms with E-state index in [1.807, 2.05) is 24.3 Å². The average Bonchev–Trinajstić information content (AvgIpc) is 3.38. The Morgan fingerprint density at radius 1 is 0.541 bits per heavy atom. The van der Waals surface area contributed by atoms with Gasteiger partial charge in [-0.25, -0.2) is 0 Å². The lowest BCUT2D eigenvalue weighted by Crippen LogP contribution is -1.95. The Labute approximate surface area is 214 Å². The first-order valence-electron chi connectivity index (χ1n) is 12.1. The number of nitrogens with zero attached hydrogens (tertiary/aromatic N) is 3. The van der Waals surface area contributed by atoms with Gasteiger partial charge in [0.05, 0.1) is 24.4 Å². The first kappa shape index (κ1) is 20.9. The molecule has 3 heteroatoms. The van der Waals surface area contributed by atoms with Gasteiger partial charge in [0.1, 0.15) is 0 Å². The first-order valence-corrected chi connectivity index (χ1v) is 12.1. The molecule has 0 amide bonds. The van der Waals surface area contributed by atoms with Crippen LogP contribution in [0.1, 0.15) is 0 Å². The van der Waals surface area contributed by atoms with Crippen LogP contribution < -0.4 is 0 Å². The fourth-order valence-electron chi connectivity index (χ4n) is 5.56. The SMILES string of the molecule is [C-]#[N+]c1cc2c3ccc4ccccc4c3c3c(-c4ccccc4)cc(-c4ccccc4)n3c2cc1[N+]#[C-]. The molecule has 37 heavy (non-hydrogen) atoms. The van der Waals surface area contributed by atoms with E-state index < -0.39 is 0 Å². The summed E-state index contributed by atoms with van der Waals surface area (Å²) in [5.41, 5.74) is 7.22. The molecule has 0 aliphatic carbocycles. The largest absolute Gasteiger partial charge is 0.309 e. The zero-order valence-electron chi connectivity index (χ0n) is 19.8. The van der Waals surface area contributed by atoms with Crippen LogP contribution in [0, 0.1) is 13.1 Å². The van der Waals surface area contributed by atoms with Crippen molar-refractivity contribution in [2.45, 2.75) is 0 Å². The lowest BCUT2D eigenvalue weighted by Gasteiger charge is -2.16. The van der Waals surface area contributed by atoms with Crippen LogP contribution in [0.15, 0.2) is 115 Å². The summed E-state index contributed by atoms with van der Waals surface area (Å²) in [4.78, 5) is 7.42. The monoisotopic (exact) mass is 469 g/mol. The van der Waals surface area contributed by atoms with Gasteiger partial charge in [0.15, 0.2) is 11.4 Å². The minimum atomic E-state index is 0.373. The van der Waals surface area contributed by atoms with E-state index in [9.17, 15) is 0 Å². The molecule has 3 nitrogen and oxygen atoms in total. The van der Waals surface area contributed by atoms with Crippen molar-refractivity contribution in [1.29, 1.82) is 0 Å². The van der Waals surface area contributed by atoms with E-state index in [1.54, 1.807) is 0 Å². The summed E-state index contributed by atoms with van der Waals surface area (Å²) < 4.78 is 2.30. The summed E-state index contributed by atoms with van der Waals surface area (Å²) in [5, 5.41) is 5.54. The average molecular weight is 470 g/mol. The van der Waals surface area contributed by atoms with Crippen LogP contribution in [0.3, 0.4) is 0 Å². The lowest BCUT2D eigenvalue weighted by atomic mass is 9.95. The van der Waals surface area contributed by atoms with Gasteiger partial charge in [-0.2, -0.15) is 0 Å². The second-order valence-electron chi connectivity index (χ2n) is 9.15. The van der Waals surface area contributed by atoms with E-state index >= 15 is 0 Å². The van der Waals surface area contributed by atoms with Gasteiger partial charge in [-0.1, -0.05) is 103 Å². The number of fused-ring (bicyclic) bond motifs is 8. The fraction of sp³-hybridized carbons (Fsp3) is 0. The lowest BCUT2D eigenvalue weighted by molar-refractivity contribution is 1.29. The van der Waals surface area contributed by atoms with Gasteiger partial charge in [0, 0.05) is 16.5 Å². The van der Waals surface area contributed by atoms with E-state index in [0.717, 1.165) is 49.6 Å². The van der Waals surface area contributed by atoms with Crippen molar-refractivity contribution < 1.29 is 0 Å². The highest BCUT2D eigenvalue weighted by Gasteiger charge is 2.21. The Morgan fingerprint density at radius 3 is 1.92 bits per heavy atom. The summed E-state index contributed by atoms with van der Waals surface area (Å²) in [5.74, 6) is 0. The maximum atomic E-state index is 7.77. The molecule has 0 unspecified atom stereocenters. The van der Waals surface area contributed by atoms with Gasteiger partial charge >= 0.3 is 0 Å². The Kier molecular flexibility index (Phi) is 4.58. The Hall–Kier alpha value is -5.38. The minimum Gasteiger partial charge on any atom is -0.309 e. The van der Waals surface area contributed by atoms with Crippen LogP contribution in [-0.2, 0) is 0 Å². The van der Waals surface area contributed by atoms with E-state index in [0.29, 0.717) is 11.4 Å². The van der Waals surface area contributed by atoms with Crippen LogP contribution >= 0.6 is 0 Å². The molecule has 0 spiro atoms. The molecule has 7 aromatic rings. The molecular formula is C34H19N3. The van der Waals surface area contributed by atoms with E-state index in [-0.39, 0.29) is 0 Å². The van der Waals surface area contributed by atoms with Crippen molar-refractivity contribution in [3.05, 3.63) is 138 Å². The molecule has 5 aromatic carbocycles. The molecule has 170 valence electrons. The van der Waals surface area contributed by atoms with Crippen LogP contribution in [0.25, 0.3) is 70.0 Å². The molecular weight excluding hydrogens is 450 g/mol. The van der Waals surface area contributed by atoms with Crippen molar-refractivity contribution in [2.24, 2.45) is 0 Å². The number of benzene rings is 5. The highest BCUT2D eigenvalue weighted by molar-refractivity contribution is 6.26. The molecule has 0 saturated carbocycles. The number of pyridine rings is 1. The third kappa shape index (κ3) is 3.05. The van der Waals surface area contributed by atoms with E-state index in [4.69, 9.17) is 13.1 Å². The minimum absolute atomic E-state index is 0.373. The molecule has 2 aromatic heterocycles. The molecule has 0 aliphatic heterocycles. The Morgan fingerprint density at radius 2 is 1.19 bits per heavy atom. The van der Waals surface area contributed by atoms with Crippen LogP contribution in [-0.4, -0.2) is 4.40 Å². The zero-order valence-corrected chi connectivity index (χ0v) is 19.8. The van der Waals surface area contributed by atoms with Crippen LogP contribution in [0.5, 0.6) is 0 Å². The first-order chi connectivity index (χ1) is 18.3. The molecule has 0 aliphatic rings. The predicted molar refractivity (Wildman–Crippen MR) is 153 cm³/mol. The molecule has 0 fully saturated rings. The van der Waals surface area contributed by atoms with Gasteiger partial charge in [-0.3, -0.25) is 9.69 Å². The maximum Gasteiger partial charge on any atom is 0.196 e. The predicted octanol–water partition coefficient (Wildman–Crippen LogP) is 9.83. The maximum absolute atomic E-state index is 7.77. The molecule has 7 rings (SSSR count). The standard InChI is InChI=1S/C34H19N3/c1-35-29-19-28-26-18-17-23-13-9-10-16-25(23)33(26)34-27(22-11-5-3-6-12-22)20-31(24-14-7-4-8-15-24)37(34)32(28)21-30(29)36-2/h3-21H. The highest BCUT2D eigenvalue weighted by atomic mass is 14.9. The topological polar surface area (TPSA) is 13.1 Å². The number of hydrogen-bond donors (Lipinski definition) is 0. The fourth-order valence-corrected chi connectivity index (χ4v) is 5.56. The van der Waals surface area contributed by atoms with Crippen LogP contribution in [0.2, 0.25) is 0 Å². The zero-order chi connectivity index (χ0) is 24.9. The van der Waals surface area contributed by atoms with Crippen molar-refractivity contribution in [3.63, 3.8) is 0 Å².